The van der Waals surface area contributed by atoms with Crippen molar-refractivity contribution in [3.63, 3.8) is 0 Å². The second-order valence-corrected chi connectivity index (χ2v) is 4.95. The van der Waals surface area contributed by atoms with Gasteiger partial charge in [0.2, 0.25) is 0 Å². The van der Waals surface area contributed by atoms with Gasteiger partial charge in [-0.3, -0.25) is 0 Å². The molecule has 0 aromatic heterocycles. The Morgan fingerprint density at radius 3 is 2.29 bits per heavy atom. The number of aliphatic hydroxyl groups excluding tert-OH is 5. The minimum absolute atomic E-state index is 0.0244. The number of benzene rings is 1. The molecular weight excluding hydrogens is 276 g/mol. The summed E-state index contributed by atoms with van der Waals surface area (Å²) in [6, 6.07) is 5.33. The maximum atomic E-state index is 9.78. The number of aliphatic hydroxyl groups is 5. The molecule has 1 aromatic rings. The Balaban J connectivity index is 2.58. The highest BCUT2D eigenvalue weighted by Crippen LogP contribution is 2.18. The van der Waals surface area contributed by atoms with E-state index in [1.54, 1.807) is 12.1 Å². The summed E-state index contributed by atoms with van der Waals surface area (Å²) in [6.07, 6.45) is -5.22. The normalized spacial score (nSPS) is 17.0. The first-order valence-corrected chi connectivity index (χ1v) is 6.86. The van der Waals surface area contributed by atoms with Gasteiger partial charge in [-0.05, 0) is 30.2 Å². The Kier molecular flexibility index (Phi) is 6.86. The predicted molar refractivity (Wildman–Crippen MR) is 79.8 cm³/mol. The van der Waals surface area contributed by atoms with Crippen LogP contribution < -0.4 is 11.1 Å². The van der Waals surface area contributed by atoms with Crippen LogP contribution in [-0.4, -0.2) is 63.1 Å². The summed E-state index contributed by atoms with van der Waals surface area (Å²) in [5.74, 6) is 0. The third-order valence-electron chi connectivity index (χ3n) is 3.36. The van der Waals surface area contributed by atoms with E-state index in [0.717, 1.165) is 17.7 Å². The van der Waals surface area contributed by atoms with Gasteiger partial charge in [-0.15, -0.1) is 0 Å². The number of hydrogen-bond acceptors (Lipinski definition) is 7. The fourth-order valence-electron chi connectivity index (χ4n) is 1.93. The van der Waals surface area contributed by atoms with Crippen LogP contribution in [0.5, 0.6) is 0 Å². The van der Waals surface area contributed by atoms with Gasteiger partial charge in [0.1, 0.15) is 18.3 Å². The van der Waals surface area contributed by atoms with Gasteiger partial charge in [-0.25, -0.2) is 0 Å². The summed E-state index contributed by atoms with van der Waals surface area (Å²) in [5.41, 5.74) is 8.17. The fraction of sp³-hybridized carbons (Fsp3) is 0.571. The number of hydrogen-bond donors (Lipinski definition) is 7. The van der Waals surface area contributed by atoms with Gasteiger partial charge in [-0.1, -0.05) is 6.92 Å². The van der Waals surface area contributed by atoms with Crippen LogP contribution in [0.3, 0.4) is 0 Å². The van der Waals surface area contributed by atoms with Gasteiger partial charge in [0.15, 0.2) is 0 Å². The molecule has 4 unspecified atom stereocenters. The van der Waals surface area contributed by atoms with Crippen LogP contribution in [-0.2, 0) is 6.42 Å². The summed E-state index contributed by atoms with van der Waals surface area (Å²) < 4.78 is 0. The summed E-state index contributed by atoms with van der Waals surface area (Å²) in [7, 11) is 0. The van der Waals surface area contributed by atoms with Crippen molar-refractivity contribution in [3.05, 3.63) is 23.8 Å². The maximum Gasteiger partial charge on any atom is 0.111 e. The number of aryl methyl sites for hydroxylation is 1. The zero-order chi connectivity index (χ0) is 16.0. The smallest absolute Gasteiger partial charge is 0.111 e. The third-order valence-corrected chi connectivity index (χ3v) is 3.36. The molecule has 7 heteroatoms. The van der Waals surface area contributed by atoms with Gasteiger partial charge < -0.3 is 36.6 Å². The summed E-state index contributed by atoms with van der Waals surface area (Å²) in [4.78, 5) is 0. The van der Waals surface area contributed by atoms with E-state index < -0.39 is 31.0 Å². The first-order chi connectivity index (χ1) is 9.90. The van der Waals surface area contributed by atoms with Crippen LogP contribution in [0.1, 0.15) is 12.5 Å². The van der Waals surface area contributed by atoms with E-state index in [2.05, 4.69) is 5.32 Å². The number of nitrogens with two attached hydrogens (primary N) is 1. The monoisotopic (exact) mass is 300 g/mol. The largest absolute Gasteiger partial charge is 0.399 e. The number of anilines is 2. The van der Waals surface area contributed by atoms with Crippen LogP contribution >= 0.6 is 0 Å². The minimum Gasteiger partial charge on any atom is -0.399 e. The highest BCUT2D eigenvalue weighted by molar-refractivity contribution is 5.57. The van der Waals surface area contributed by atoms with E-state index >= 15 is 0 Å². The van der Waals surface area contributed by atoms with Gasteiger partial charge >= 0.3 is 0 Å². The molecule has 4 atom stereocenters. The molecule has 0 heterocycles. The Morgan fingerprint density at radius 2 is 1.71 bits per heavy atom. The quantitative estimate of drug-likeness (QED) is 0.295. The molecule has 21 heavy (non-hydrogen) atoms. The van der Waals surface area contributed by atoms with Crippen molar-refractivity contribution in [1.29, 1.82) is 0 Å². The van der Waals surface area contributed by atoms with Crippen molar-refractivity contribution in [2.24, 2.45) is 0 Å². The lowest BCUT2D eigenvalue weighted by Crippen LogP contribution is -2.48. The number of nitrogens with one attached hydrogen (secondary N) is 1. The number of rotatable bonds is 8. The molecule has 0 fully saturated rings. The van der Waals surface area contributed by atoms with Crippen LogP contribution in [0.25, 0.3) is 0 Å². The van der Waals surface area contributed by atoms with E-state index in [-0.39, 0.29) is 6.54 Å². The van der Waals surface area contributed by atoms with Crippen molar-refractivity contribution in [3.8, 4) is 0 Å². The summed E-state index contributed by atoms with van der Waals surface area (Å²) in [6.45, 7) is 1.25. The van der Waals surface area contributed by atoms with Gasteiger partial charge in [0, 0.05) is 17.9 Å². The van der Waals surface area contributed by atoms with Crippen molar-refractivity contribution in [1.82, 2.24) is 0 Å². The molecule has 1 aromatic carbocycles. The average Bonchev–Trinajstić information content (AvgIpc) is 2.51. The fourth-order valence-corrected chi connectivity index (χ4v) is 1.93. The van der Waals surface area contributed by atoms with Crippen LogP contribution in [0.15, 0.2) is 18.2 Å². The molecule has 0 aliphatic rings. The lowest BCUT2D eigenvalue weighted by atomic mass is 10.0. The summed E-state index contributed by atoms with van der Waals surface area (Å²) in [5, 5.41) is 49.8. The van der Waals surface area contributed by atoms with E-state index in [0.29, 0.717) is 5.69 Å². The average molecular weight is 300 g/mol. The van der Waals surface area contributed by atoms with E-state index in [9.17, 15) is 20.4 Å². The minimum atomic E-state index is -1.62. The highest BCUT2D eigenvalue weighted by atomic mass is 16.4. The van der Waals surface area contributed by atoms with Crippen molar-refractivity contribution < 1.29 is 25.5 Å². The zero-order valence-electron chi connectivity index (χ0n) is 12.0. The Hall–Kier alpha value is -1.38. The van der Waals surface area contributed by atoms with Gasteiger partial charge in [0.05, 0.1) is 12.7 Å². The molecule has 1 rings (SSSR count). The third kappa shape index (κ3) is 4.83. The first-order valence-electron chi connectivity index (χ1n) is 6.86. The molecule has 0 spiro atoms. The predicted octanol–water partition coefficient (Wildman–Crippen LogP) is -1.32. The van der Waals surface area contributed by atoms with Gasteiger partial charge in [0.25, 0.3) is 0 Å². The Morgan fingerprint density at radius 1 is 1.10 bits per heavy atom. The molecular formula is C14H24N2O5. The van der Waals surface area contributed by atoms with Crippen LogP contribution in [0.4, 0.5) is 11.4 Å². The maximum absolute atomic E-state index is 9.78. The van der Waals surface area contributed by atoms with Gasteiger partial charge in [-0.2, -0.15) is 0 Å². The second-order valence-electron chi connectivity index (χ2n) is 4.95. The lowest BCUT2D eigenvalue weighted by molar-refractivity contribution is -0.111. The topological polar surface area (TPSA) is 139 Å². The zero-order valence-corrected chi connectivity index (χ0v) is 12.0. The molecule has 0 saturated heterocycles. The van der Waals surface area contributed by atoms with Crippen LogP contribution in [0, 0.1) is 0 Å². The molecule has 0 amide bonds. The van der Waals surface area contributed by atoms with E-state index in [1.807, 2.05) is 13.0 Å². The number of nitrogen functional groups attached to an aromatic ring is 1. The molecule has 0 aliphatic carbocycles. The second kappa shape index (κ2) is 8.16. The molecule has 0 saturated carbocycles. The SMILES string of the molecule is CCc1cc(NCC(O)C(O)C(O)C(O)CO)ccc1N. The van der Waals surface area contributed by atoms with Crippen molar-refractivity contribution in [2.75, 3.05) is 24.2 Å². The molecule has 0 aliphatic heterocycles. The Bertz CT molecular complexity index is 443. The van der Waals surface area contributed by atoms with Crippen LogP contribution in [0.2, 0.25) is 0 Å². The Labute approximate surface area is 123 Å². The molecule has 0 bridgehead atoms. The highest BCUT2D eigenvalue weighted by Gasteiger charge is 2.29. The molecule has 7 nitrogen and oxygen atoms in total. The molecule has 8 N–H and O–H groups in total. The summed E-state index contributed by atoms with van der Waals surface area (Å²) >= 11 is 0. The van der Waals surface area contributed by atoms with Crippen molar-refractivity contribution >= 4 is 11.4 Å². The van der Waals surface area contributed by atoms with Crippen molar-refractivity contribution in [2.45, 2.75) is 37.8 Å². The van der Waals surface area contributed by atoms with E-state index in [1.165, 1.54) is 0 Å². The lowest BCUT2D eigenvalue weighted by Gasteiger charge is -2.26. The standard InChI is InChI=1S/C14H24N2O5/c1-2-8-5-9(3-4-10(8)15)16-6-11(18)13(20)14(21)12(19)7-17/h3-5,11-14,16-21H,2,6-7,15H2,1H3. The molecule has 0 radical (unpaired) electrons. The van der Waals surface area contributed by atoms with E-state index in [4.69, 9.17) is 10.8 Å². The first kappa shape index (κ1) is 17.7. The molecule has 120 valence electrons.